The molecule has 1 spiro atoms. The first-order chi connectivity index (χ1) is 14.9. The van der Waals surface area contributed by atoms with Crippen molar-refractivity contribution in [1.29, 1.82) is 0 Å². The van der Waals surface area contributed by atoms with E-state index in [1.807, 2.05) is 24.3 Å². The molecule has 1 fully saturated rings. The molecule has 2 heterocycles. The van der Waals surface area contributed by atoms with E-state index in [0.29, 0.717) is 27.7 Å². The highest BCUT2D eigenvalue weighted by Gasteiger charge is 2.62. The van der Waals surface area contributed by atoms with Crippen molar-refractivity contribution in [3.63, 3.8) is 0 Å². The summed E-state index contributed by atoms with van der Waals surface area (Å²) in [5.41, 5.74) is 0.768. The molecule has 4 nitrogen and oxygen atoms in total. The molecule has 158 valence electrons. The summed E-state index contributed by atoms with van der Waals surface area (Å²) in [6.07, 6.45) is 6.50. The summed E-state index contributed by atoms with van der Waals surface area (Å²) in [6.45, 7) is 0. The summed E-state index contributed by atoms with van der Waals surface area (Å²) < 4.78 is 14.2. The Labute approximate surface area is 189 Å². The number of carbonyl (C=O) groups excluding carboxylic acids is 2. The van der Waals surface area contributed by atoms with Gasteiger partial charge in [-0.3, -0.25) is 9.59 Å². The largest absolute Gasteiger partial charge is 0.348 e. The highest BCUT2D eigenvalue weighted by Crippen LogP contribution is 2.57. The molecule has 2 aliphatic heterocycles. The van der Waals surface area contributed by atoms with Gasteiger partial charge >= 0.3 is 0 Å². The van der Waals surface area contributed by atoms with Gasteiger partial charge in [-0.25, -0.2) is 4.39 Å². The van der Waals surface area contributed by atoms with Gasteiger partial charge in [-0.2, -0.15) is 0 Å². The maximum atomic E-state index is 14.2. The Morgan fingerprint density at radius 1 is 1.10 bits per heavy atom. The van der Waals surface area contributed by atoms with E-state index in [1.54, 1.807) is 24.3 Å². The average Bonchev–Trinajstić information content (AvgIpc) is 3.01. The lowest BCUT2D eigenvalue weighted by Gasteiger charge is -2.48. The van der Waals surface area contributed by atoms with Crippen LogP contribution in [0.3, 0.4) is 0 Å². The van der Waals surface area contributed by atoms with Crippen molar-refractivity contribution in [2.75, 3.05) is 5.32 Å². The molecule has 0 bridgehead atoms. The number of benzene rings is 2. The van der Waals surface area contributed by atoms with Gasteiger partial charge in [-0.05, 0) is 59.7 Å². The first-order valence-electron chi connectivity index (χ1n) is 10.1. The van der Waals surface area contributed by atoms with Gasteiger partial charge in [-0.15, -0.1) is 0 Å². The summed E-state index contributed by atoms with van der Waals surface area (Å²) in [6, 6.07) is 10.6. The summed E-state index contributed by atoms with van der Waals surface area (Å²) >= 11 is 12.5. The fraction of sp³-hybridized carbons (Fsp3) is 0.250. The molecule has 2 aromatic carbocycles. The minimum absolute atomic E-state index is 0.132. The summed E-state index contributed by atoms with van der Waals surface area (Å²) in [7, 11) is 0. The van der Waals surface area contributed by atoms with Gasteiger partial charge in [0, 0.05) is 22.2 Å². The van der Waals surface area contributed by atoms with E-state index in [1.165, 1.54) is 12.1 Å². The van der Waals surface area contributed by atoms with Crippen LogP contribution in [-0.4, -0.2) is 11.8 Å². The van der Waals surface area contributed by atoms with Crippen LogP contribution in [0.1, 0.15) is 30.0 Å². The van der Waals surface area contributed by atoms with Crippen LogP contribution in [0.4, 0.5) is 10.1 Å². The monoisotopic (exact) mass is 456 g/mol. The van der Waals surface area contributed by atoms with E-state index in [9.17, 15) is 14.0 Å². The quantitative estimate of drug-likeness (QED) is 0.648. The number of nitrogens with one attached hydrogen (secondary N) is 2. The van der Waals surface area contributed by atoms with Crippen LogP contribution in [0.25, 0.3) is 0 Å². The zero-order chi connectivity index (χ0) is 21.8. The Kier molecular flexibility index (Phi) is 4.91. The van der Waals surface area contributed by atoms with Gasteiger partial charge in [-0.1, -0.05) is 53.6 Å². The van der Waals surface area contributed by atoms with Crippen molar-refractivity contribution in [3.8, 4) is 0 Å². The minimum atomic E-state index is -1.13. The fourth-order valence-electron chi connectivity index (χ4n) is 5.36. The minimum Gasteiger partial charge on any atom is -0.348 e. The maximum absolute atomic E-state index is 14.2. The fourth-order valence-corrected chi connectivity index (χ4v) is 5.78. The normalized spacial score (nSPS) is 29.4. The zero-order valence-corrected chi connectivity index (χ0v) is 17.9. The topological polar surface area (TPSA) is 58.2 Å². The highest BCUT2D eigenvalue weighted by atomic mass is 35.5. The third-order valence-corrected chi connectivity index (χ3v) is 7.05. The third-order valence-electron chi connectivity index (χ3n) is 6.56. The Hall–Kier alpha value is -2.63. The van der Waals surface area contributed by atoms with Crippen molar-refractivity contribution in [1.82, 2.24) is 5.32 Å². The number of amides is 2. The predicted octanol–water partition coefficient (Wildman–Crippen LogP) is 5.25. The second kappa shape index (κ2) is 7.50. The molecule has 7 heteroatoms. The first-order valence-corrected chi connectivity index (χ1v) is 10.9. The molecule has 3 aliphatic rings. The molecule has 0 radical (unpaired) electrons. The Bertz CT molecular complexity index is 1160. The number of halogens is 3. The number of anilines is 1. The summed E-state index contributed by atoms with van der Waals surface area (Å²) in [5, 5.41) is 7.03. The third kappa shape index (κ3) is 3.19. The number of carbonyl (C=O) groups is 2. The maximum Gasteiger partial charge on any atom is 0.237 e. The van der Waals surface area contributed by atoms with Gasteiger partial charge in [0.05, 0.1) is 6.04 Å². The Morgan fingerprint density at radius 2 is 1.94 bits per heavy atom. The van der Waals surface area contributed by atoms with E-state index in [2.05, 4.69) is 10.6 Å². The van der Waals surface area contributed by atoms with E-state index in [0.717, 1.165) is 5.56 Å². The lowest BCUT2D eigenvalue weighted by atomic mass is 9.57. The molecule has 2 aromatic rings. The molecule has 1 aliphatic carbocycles. The van der Waals surface area contributed by atoms with Gasteiger partial charge < -0.3 is 10.6 Å². The van der Waals surface area contributed by atoms with Gasteiger partial charge in [0.1, 0.15) is 11.2 Å². The van der Waals surface area contributed by atoms with Crippen LogP contribution >= 0.6 is 23.2 Å². The van der Waals surface area contributed by atoms with E-state index in [4.69, 9.17) is 23.2 Å². The number of piperidine rings is 1. The number of rotatable bonds is 2. The second-order valence-corrected chi connectivity index (χ2v) is 9.11. The molecular formula is C24H19Cl2FN2O2. The SMILES string of the molecule is O=C1C[C@@H](C2C=C(Cl)C=CC2)[C@]2(C(=O)Nc3cc(Cl)ccc32)[C@H](c2cccc(F)c2)N1. The van der Waals surface area contributed by atoms with Gasteiger partial charge in [0.15, 0.2) is 0 Å². The average molecular weight is 457 g/mol. The smallest absolute Gasteiger partial charge is 0.237 e. The lowest BCUT2D eigenvalue weighted by Crippen LogP contribution is -2.59. The van der Waals surface area contributed by atoms with Crippen LogP contribution in [0.5, 0.6) is 0 Å². The van der Waals surface area contributed by atoms with Crippen molar-refractivity contribution >= 4 is 40.7 Å². The molecule has 1 saturated heterocycles. The number of fused-ring (bicyclic) bond motifs is 2. The van der Waals surface area contributed by atoms with Crippen molar-refractivity contribution < 1.29 is 14.0 Å². The lowest BCUT2D eigenvalue weighted by molar-refractivity contribution is -0.135. The van der Waals surface area contributed by atoms with E-state index >= 15 is 0 Å². The zero-order valence-electron chi connectivity index (χ0n) is 16.4. The Morgan fingerprint density at radius 3 is 2.71 bits per heavy atom. The van der Waals surface area contributed by atoms with E-state index < -0.39 is 17.3 Å². The first kappa shape index (κ1) is 20.3. The molecular weight excluding hydrogens is 438 g/mol. The number of hydrogen-bond donors (Lipinski definition) is 2. The number of hydrogen-bond acceptors (Lipinski definition) is 2. The van der Waals surface area contributed by atoms with Crippen molar-refractivity contribution in [3.05, 3.63) is 87.7 Å². The van der Waals surface area contributed by atoms with Crippen LogP contribution in [0, 0.1) is 17.7 Å². The molecule has 2 N–H and O–H groups in total. The van der Waals surface area contributed by atoms with Gasteiger partial charge in [0.25, 0.3) is 0 Å². The predicted molar refractivity (Wildman–Crippen MR) is 118 cm³/mol. The van der Waals surface area contributed by atoms with Gasteiger partial charge in [0.2, 0.25) is 11.8 Å². The summed E-state index contributed by atoms with van der Waals surface area (Å²) in [4.78, 5) is 26.6. The highest BCUT2D eigenvalue weighted by molar-refractivity contribution is 6.31. The Balaban J connectivity index is 1.76. The van der Waals surface area contributed by atoms with Crippen molar-refractivity contribution in [2.24, 2.45) is 11.8 Å². The molecule has 5 rings (SSSR count). The molecule has 1 unspecified atom stereocenters. The standard InChI is InChI=1S/C24H19Cl2FN2O2/c25-15-5-1-3-13(9-15)19-12-21(30)29-22(14-4-2-6-17(27)10-14)24(19)18-8-7-16(26)11-20(18)28-23(24)31/h1-2,4-11,13,19,22H,3,12H2,(H,28,31)(H,29,30)/t13?,19-,22-,24-/m0/s1. The molecule has 4 atom stereocenters. The molecule has 31 heavy (non-hydrogen) atoms. The van der Waals surface area contributed by atoms with Crippen LogP contribution < -0.4 is 10.6 Å². The van der Waals surface area contributed by atoms with Crippen LogP contribution in [0.2, 0.25) is 5.02 Å². The second-order valence-electron chi connectivity index (χ2n) is 8.23. The summed E-state index contributed by atoms with van der Waals surface area (Å²) in [5.74, 6) is -1.35. The molecule has 2 amide bonds. The van der Waals surface area contributed by atoms with E-state index in [-0.39, 0.29) is 30.1 Å². The van der Waals surface area contributed by atoms with Crippen molar-refractivity contribution in [2.45, 2.75) is 24.3 Å². The molecule has 0 aromatic heterocycles. The van der Waals surface area contributed by atoms with Crippen LogP contribution in [0.15, 0.2) is 65.7 Å². The van der Waals surface area contributed by atoms with Crippen LogP contribution in [-0.2, 0) is 15.0 Å². The molecule has 0 saturated carbocycles. The number of allylic oxidation sites excluding steroid dienone is 4.